The number of imide groups is 1. The summed E-state index contributed by atoms with van der Waals surface area (Å²) in [6.07, 6.45) is 0.208. The second-order valence-electron chi connectivity index (χ2n) is 7.73. The van der Waals surface area contributed by atoms with Crippen LogP contribution in [0.5, 0.6) is 11.5 Å². The van der Waals surface area contributed by atoms with Gasteiger partial charge in [-0.3, -0.25) is 19.4 Å². The fourth-order valence-electron chi connectivity index (χ4n) is 4.28. The first-order valence-electron chi connectivity index (χ1n) is 10.1. The van der Waals surface area contributed by atoms with Gasteiger partial charge in [0, 0.05) is 31.9 Å². The van der Waals surface area contributed by atoms with Crippen molar-refractivity contribution < 1.29 is 23.5 Å². The molecule has 0 radical (unpaired) electrons. The fraction of sp³-hybridized carbons (Fsp3) is 0.364. The molecule has 1 unspecified atom stereocenters. The summed E-state index contributed by atoms with van der Waals surface area (Å²) in [4.78, 5) is 31.2. The Labute approximate surface area is 173 Å². The number of likely N-dealkylation sites (tertiary alicyclic amines) is 1. The standard InChI is InChI=1S/C22H22FN3O4/c23-16-2-4-17(5-3-16)24-7-9-25(10-8-24)18-12-21(27)26(22(18)28)13-15-1-6-19-20(11-15)30-14-29-19/h1-6,11,18H,7-10,12-14H2. The van der Waals surface area contributed by atoms with E-state index in [2.05, 4.69) is 9.80 Å². The third-order valence-corrected chi connectivity index (χ3v) is 5.94. The molecule has 8 heteroatoms. The Morgan fingerprint density at radius 2 is 1.67 bits per heavy atom. The van der Waals surface area contributed by atoms with E-state index >= 15 is 0 Å². The number of hydrogen-bond donors (Lipinski definition) is 0. The minimum absolute atomic E-state index is 0.145. The molecule has 3 heterocycles. The Morgan fingerprint density at radius 3 is 2.43 bits per heavy atom. The Balaban J connectivity index is 1.22. The van der Waals surface area contributed by atoms with Gasteiger partial charge in [0.05, 0.1) is 19.0 Å². The summed E-state index contributed by atoms with van der Waals surface area (Å²) in [6, 6.07) is 11.5. The number of carbonyl (C=O) groups is 2. The summed E-state index contributed by atoms with van der Waals surface area (Å²) in [6.45, 7) is 3.24. The largest absolute Gasteiger partial charge is 0.454 e. The van der Waals surface area contributed by atoms with Crippen LogP contribution in [-0.4, -0.2) is 60.6 Å². The highest BCUT2D eigenvalue weighted by atomic mass is 19.1. The van der Waals surface area contributed by atoms with Gasteiger partial charge in [0.15, 0.2) is 11.5 Å². The van der Waals surface area contributed by atoms with Crippen molar-refractivity contribution in [2.75, 3.05) is 37.9 Å². The van der Waals surface area contributed by atoms with Gasteiger partial charge >= 0.3 is 0 Å². The molecule has 2 aromatic carbocycles. The van der Waals surface area contributed by atoms with Gasteiger partial charge in [0.1, 0.15) is 5.82 Å². The van der Waals surface area contributed by atoms with Crippen LogP contribution in [0.4, 0.5) is 10.1 Å². The maximum Gasteiger partial charge on any atom is 0.247 e. The number of piperazine rings is 1. The number of ether oxygens (including phenoxy) is 2. The lowest BCUT2D eigenvalue weighted by molar-refractivity contribution is -0.140. The van der Waals surface area contributed by atoms with E-state index in [1.54, 1.807) is 18.2 Å². The second-order valence-corrected chi connectivity index (χ2v) is 7.73. The van der Waals surface area contributed by atoms with E-state index in [0.29, 0.717) is 24.6 Å². The monoisotopic (exact) mass is 411 g/mol. The van der Waals surface area contributed by atoms with E-state index in [9.17, 15) is 14.0 Å². The molecule has 2 saturated heterocycles. The van der Waals surface area contributed by atoms with Crippen LogP contribution in [0.3, 0.4) is 0 Å². The van der Waals surface area contributed by atoms with Crippen LogP contribution in [0.2, 0.25) is 0 Å². The first-order chi connectivity index (χ1) is 14.6. The SMILES string of the molecule is O=C1CC(N2CCN(c3ccc(F)cc3)CC2)C(=O)N1Cc1ccc2c(c1)OCO2. The van der Waals surface area contributed by atoms with Crippen molar-refractivity contribution in [3.8, 4) is 11.5 Å². The third-order valence-electron chi connectivity index (χ3n) is 5.94. The van der Waals surface area contributed by atoms with Crippen LogP contribution in [0.1, 0.15) is 12.0 Å². The van der Waals surface area contributed by atoms with E-state index in [-0.39, 0.29) is 37.4 Å². The van der Waals surface area contributed by atoms with Crippen LogP contribution in [-0.2, 0) is 16.1 Å². The molecule has 0 bridgehead atoms. The Morgan fingerprint density at radius 1 is 0.933 bits per heavy atom. The number of carbonyl (C=O) groups excluding carboxylic acids is 2. The van der Waals surface area contributed by atoms with Gasteiger partial charge in [-0.2, -0.15) is 0 Å². The van der Waals surface area contributed by atoms with E-state index in [4.69, 9.17) is 9.47 Å². The molecule has 0 N–H and O–H groups in total. The minimum atomic E-state index is -0.415. The topological polar surface area (TPSA) is 62.3 Å². The Hall–Kier alpha value is -3.13. The van der Waals surface area contributed by atoms with Crippen molar-refractivity contribution in [2.24, 2.45) is 0 Å². The highest BCUT2D eigenvalue weighted by Crippen LogP contribution is 2.33. The summed E-state index contributed by atoms with van der Waals surface area (Å²) in [5.74, 6) is 0.765. The van der Waals surface area contributed by atoms with Crippen molar-refractivity contribution in [1.82, 2.24) is 9.80 Å². The molecule has 2 amide bonds. The van der Waals surface area contributed by atoms with Crippen LogP contribution in [0.15, 0.2) is 42.5 Å². The van der Waals surface area contributed by atoms with Crippen LogP contribution >= 0.6 is 0 Å². The second kappa shape index (κ2) is 7.60. The summed E-state index contributed by atoms with van der Waals surface area (Å²) in [5.41, 5.74) is 1.80. The van der Waals surface area contributed by atoms with Crippen LogP contribution < -0.4 is 14.4 Å². The lowest BCUT2D eigenvalue weighted by atomic mass is 10.1. The van der Waals surface area contributed by atoms with Crippen LogP contribution in [0.25, 0.3) is 0 Å². The van der Waals surface area contributed by atoms with E-state index in [1.807, 2.05) is 12.1 Å². The molecular formula is C22H22FN3O4. The highest BCUT2D eigenvalue weighted by Gasteiger charge is 2.42. The van der Waals surface area contributed by atoms with Gasteiger partial charge in [0.2, 0.25) is 18.6 Å². The van der Waals surface area contributed by atoms with E-state index < -0.39 is 6.04 Å². The molecule has 1 atom stereocenters. The zero-order chi connectivity index (χ0) is 20.7. The molecule has 2 aromatic rings. The molecular weight excluding hydrogens is 389 g/mol. The zero-order valence-electron chi connectivity index (χ0n) is 16.4. The van der Waals surface area contributed by atoms with Crippen molar-refractivity contribution in [3.05, 3.63) is 53.8 Å². The molecule has 2 fully saturated rings. The number of anilines is 1. The number of fused-ring (bicyclic) bond motifs is 1. The van der Waals surface area contributed by atoms with Crippen molar-refractivity contribution in [3.63, 3.8) is 0 Å². The first-order valence-corrected chi connectivity index (χ1v) is 10.1. The average molecular weight is 411 g/mol. The first kappa shape index (κ1) is 18.9. The summed E-state index contributed by atoms with van der Waals surface area (Å²) in [5, 5.41) is 0. The predicted molar refractivity (Wildman–Crippen MR) is 107 cm³/mol. The van der Waals surface area contributed by atoms with Gasteiger partial charge in [-0.25, -0.2) is 4.39 Å². The Bertz CT molecular complexity index is 973. The normalized spacial score (nSPS) is 21.6. The molecule has 3 aliphatic heterocycles. The lowest BCUT2D eigenvalue weighted by Crippen LogP contribution is -2.52. The van der Waals surface area contributed by atoms with Gasteiger partial charge in [-0.15, -0.1) is 0 Å². The van der Waals surface area contributed by atoms with Gasteiger partial charge in [-0.05, 0) is 42.0 Å². The molecule has 3 aliphatic rings. The molecule has 0 aliphatic carbocycles. The minimum Gasteiger partial charge on any atom is -0.454 e. The quantitative estimate of drug-likeness (QED) is 0.718. The molecule has 0 saturated carbocycles. The number of amides is 2. The highest BCUT2D eigenvalue weighted by molar-refractivity contribution is 6.05. The smallest absolute Gasteiger partial charge is 0.247 e. The number of benzene rings is 2. The maximum atomic E-state index is 13.1. The number of hydrogen-bond acceptors (Lipinski definition) is 6. The zero-order valence-corrected chi connectivity index (χ0v) is 16.4. The number of nitrogens with zero attached hydrogens (tertiary/aromatic N) is 3. The van der Waals surface area contributed by atoms with Crippen molar-refractivity contribution in [1.29, 1.82) is 0 Å². The van der Waals surface area contributed by atoms with E-state index in [1.165, 1.54) is 17.0 Å². The van der Waals surface area contributed by atoms with E-state index in [0.717, 1.165) is 24.3 Å². The average Bonchev–Trinajstić information content (AvgIpc) is 3.34. The third kappa shape index (κ3) is 3.47. The van der Waals surface area contributed by atoms with Gasteiger partial charge < -0.3 is 14.4 Å². The predicted octanol–water partition coefficient (Wildman–Crippen LogP) is 2.00. The van der Waals surface area contributed by atoms with Gasteiger partial charge in [0.25, 0.3) is 0 Å². The molecule has 7 nitrogen and oxygen atoms in total. The van der Waals surface area contributed by atoms with Gasteiger partial charge in [-0.1, -0.05) is 6.07 Å². The molecule has 156 valence electrons. The van der Waals surface area contributed by atoms with Crippen LogP contribution in [0, 0.1) is 5.82 Å². The van der Waals surface area contributed by atoms with Crippen molar-refractivity contribution >= 4 is 17.5 Å². The lowest BCUT2D eigenvalue weighted by Gasteiger charge is -2.38. The van der Waals surface area contributed by atoms with Crippen molar-refractivity contribution in [2.45, 2.75) is 19.0 Å². The molecule has 0 spiro atoms. The summed E-state index contributed by atoms with van der Waals surface area (Å²) < 4.78 is 23.8. The number of halogens is 1. The maximum absolute atomic E-state index is 13.1. The Kier molecular flexibility index (Phi) is 4.78. The molecule has 30 heavy (non-hydrogen) atoms. The molecule has 0 aromatic heterocycles. The summed E-state index contributed by atoms with van der Waals surface area (Å²) >= 11 is 0. The fourth-order valence-corrected chi connectivity index (χ4v) is 4.28. The molecule has 5 rings (SSSR count). The number of rotatable bonds is 4. The summed E-state index contributed by atoms with van der Waals surface area (Å²) in [7, 11) is 0.